The highest BCUT2D eigenvalue weighted by molar-refractivity contribution is 5.87. The van der Waals surface area contributed by atoms with Gasteiger partial charge in [-0.3, -0.25) is 4.79 Å². The first-order valence-corrected chi connectivity index (χ1v) is 4.86. The van der Waals surface area contributed by atoms with E-state index in [1.807, 2.05) is 17.9 Å². The Morgan fingerprint density at radius 2 is 2.15 bits per heavy atom. The van der Waals surface area contributed by atoms with Gasteiger partial charge in [0.05, 0.1) is 0 Å². The molecule has 1 aliphatic rings. The molecule has 1 fully saturated rings. The van der Waals surface area contributed by atoms with Crippen molar-refractivity contribution in [1.29, 1.82) is 0 Å². The monoisotopic (exact) mass is 179 g/mol. The number of likely N-dealkylation sites (tertiary alicyclic amines) is 1. The fourth-order valence-corrected chi connectivity index (χ4v) is 1.37. The first-order chi connectivity index (χ1) is 6.24. The number of allylic oxidation sites excluding steroid dienone is 1. The Balaban J connectivity index is 2.40. The molecule has 0 aromatic carbocycles. The second-order valence-electron chi connectivity index (χ2n) is 3.39. The van der Waals surface area contributed by atoms with Gasteiger partial charge >= 0.3 is 0 Å². The van der Waals surface area contributed by atoms with Gasteiger partial charge in [0.1, 0.15) is 0 Å². The Hall–Kier alpha value is -1.05. The minimum absolute atomic E-state index is 0.148. The van der Waals surface area contributed by atoms with Gasteiger partial charge in [0.2, 0.25) is 5.91 Å². The van der Waals surface area contributed by atoms with E-state index >= 15 is 0 Å². The summed E-state index contributed by atoms with van der Waals surface area (Å²) >= 11 is 0. The normalized spacial score (nSPS) is 18.2. The number of piperidine rings is 1. The number of nitrogens with zero attached hydrogens (tertiary/aromatic N) is 1. The topological polar surface area (TPSA) is 20.3 Å². The molecule has 2 nitrogen and oxygen atoms in total. The summed E-state index contributed by atoms with van der Waals surface area (Å²) in [5.41, 5.74) is 1.27. The van der Waals surface area contributed by atoms with Crippen LogP contribution >= 0.6 is 0 Å². The van der Waals surface area contributed by atoms with Gasteiger partial charge in [-0.2, -0.15) is 0 Å². The molecule has 72 valence electrons. The molecule has 1 amide bonds. The van der Waals surface area contributed by atoms with Crippen LogP contribution in [0, 0.1) is 0 Å². The smallest absolute Gasteiger partial charge is 0.246 e. The highest BCUT2D eigenvalue weighted by atomic mass is 16.2. The number of hydrogen-bond acceptors (Lipinski definition) is 1. The van der Waals surface area contributed by atoms with Gasteiger partial charge in [-0.1, -0.05) is 25.2 Å². The fourth-order valence-electron chi connectivity index (χ4n) is 1.37. The summed E-state index contributed by atoms with van der Waals surface area (Å²) in [4.78, 5) is 13.4. The van der Waals surface area contributed by atoms with Crippen molar-refractivity contribution in [3.05, 3.63) is 24.3 Å². The molecule has 0 aliphatic carbocycles. The zero-order valence-electron chi connectivity index (χ0n) is 8.25. The molecule has 1 heterocycles. The summed E-state index contributed by atoms with van der Waals surface area (Å²) in [6.45, 7) is 7.62. The molecule has 0 atom stereocenters. The van der Waals surface area contributed by atoms with Crippen molar-refractivity contribution in [3.8, 4) is 0 Å². The Morgan fingerprint density at radius 1 is 1.54 bits per heavy atom. The third-order valence-electron chi connectivity index (χ3n) is 2.28. The van der Waals surface area contributed by atoms with Gasteiger partial charge < -0.3 is 4.90 Å². The molecule has 1 saturated heterocycles. The van der Waals surface area contributed by atoms with Crippen LogP contribution in [0.25, 0.3) is 0 Å². The average Bonchev–Trinajstić information content (AvgIpc) is 2.15. The highest BCUT2D eigenvalue weighted by Crippen LogP contribution is 2.13. The molecule has 1 aliphatic heterocycles. The lowest BCUT2D eigenvalue weighted by Gasteiger charge is -2.26. The molecule has 2 heteroatoms. The molecule has 0 bridgehead atoms. The number of carbonyl (C=O) groups is 1. The Kier molecular flexibility index (Phi) is 3.74. The zero-order valence-corrected chi connectivity index (χ0v) is 8.25. The van der Waals surface area contributed by atoms with Crippen LogP contribution in [0.15, 0.2) is 24.3 Å². The van der Waals surface area contributed by atoms with Crippen molar-refractivity contribution >= 4 is 5.91 Å². The van der Waals surface area contributed by atoms with Gasteiger partial charge in [0.15, 0.2) is 0 Å². The molecule has 13 heavy (non-hydrogen) atoms. The largest absolute Gasteiger partial charge is 0.339 e. The van der Waals surface area contributed by atoms with Crippen LogP contribution in [-0.4, -0.2) is 23.9 Å². The average molecular weight is 179 g/mol. The summed E-state index contributed by atoms with van der Waals surface area (Å²) in [6.07, 6.45) is 6.43. The van der Waals surface area contributed by atoms with Crippen LogP contribution in [0.3, 0.4) is 0 Å². The molecule has 0 radical (unpaired) electrons. The van der Waals surface area contributed by atoms with Gasteiger partial charge in [-0.15, -0.1) is 0 Å². The maximum Gasteiger partial charge on any atom is 0.246 e. The van der Waals surface area contributed by atoms with E-state index in [1.165, 1.54) is 5.57 Å². The van der Waals surface area contributed by atoms with Crippen molar-refractivity contribution < 1.29 is 4.79 Å². The fraction of sp³-hybridized carbons (Fsp3) is 0.545. The maximum absolute atomic E-state index is 11.5. The highest BCUT2D eigenvalue weighted by Gasteiger charge is 2.15. The molecule has 0 saturated carbocycles. The van der Waals surface area contributed by atoms with Crippen LogP contribution < -0.4 is 0 Å². The molecular formula is C11H17NO. The van der Waals surface area contributed by atoms with Gasteiger partial charge in [0, 0.05) is 13.1 Å². The van der Waals surface area contributed by atoms with Crippen molar-refractivity contribution in [2.24, 2.45) is 0 Å². The van der Waals surface area contributed by atoms with Crippen LogP contribution in [0.2, 0.25) is 0 Å². The van der Waals surface area contributed by atoms with E-state index in [0.29, 0.717) is 0 Å². The molecule has 0 aromatic rings. The number of amides is 1. The minimum atomic E-state index is 0.148. The lowest BCUT2D eigenvalue weighted by molar-refractivity contribution is -0.126. The van der Waals surface area contributed by atoms with Gasteiger partial charge in [0.25, 0.3) is 0 Å². The molecule has 0 spiro atoms. The van der Waals surface area contributed by atoms with Crippen LogP contribution in [-0.2, 0) is 4.79 Å². The van der Waals surface area contributed by atoms with E-state index in [0.717, 1.165) is 32.4 Å². The number of rotatable bonds is 2. The standard InChI is InChI=1S/C11H17NO/c1-3-4-5-11(13)12-8-6-10(2)7-9-12/h4-5H,2-3,6-9H2,1H3/b5-4+. The van der Waals surface area contributed by atoms with Crippen molar-refractivity contribution in [3.63, 3.8) is 0 Å². The summed E-state index contributed by atoms with van der Waals surface area (Å²) < 4.78 is 0. The molecular weight excluding hydrogens is 162 g/mol. The first-order valence-electron chi connectivity index (χ1n) is 4.86. The second kappa shape index (κ2) is 4.85. The molecule has 0 N–H and O–H groups in total. The van der Waals surface area contributed by atoms with E-state index in [-0.39, 0.29) is 5.91 Å². The predicted octanol–water partition coefficient (Wildman–Crippen LogP) is 2.13. The second-order valence-corrected chi connectivity index (χ2v) is 3.39. The van der Waals surface area contributed by atoms with Crippen molar-refractivity contribution in [2.45, 2.75) is 26.2 Å². The zero-order chi connectivity index (χ0) is 9.68. The van der Waals surface area contributed by atoms with Crippen LogP contribution in [0.1, 0.15) is 26.2 Å². The Labute approximate surface area is 79.9 Å². The summed E-state index contributed by atoms with van der Waals surface area (Å²) in [6, 6.07) is 0. The predicted molar refractivity (Wildman–Crippen MR) is 54.4 cm³/mol. The third-order valence-corrected chi connectivity index (χ3v) is 2.28. The summed E-state index contributed by atoms with van der Waals surface area (Å²) in [5, 5.41) is 0. The van der Waals surface area contributed by atoms with E-state index in [1.54, 1.807) is 6.08 Å². The molecule has 1 rings (SSSR count). The van der Waals surface area contributed by atoms with E-state index in [9.17, 15) is 4.79 Å². The Bertz CT molecular complexity index is 220. The van der Waals surface area contributed by atoms with Gasteiger partial charge in [-0.25, -0.2) is 0 Å². The quantitative estimate of drug-likeness (QED) is 0.469. The lowest BCUT2D eigenvalue weighted by atomic mass is 10.1. The minimum Gasteiger partial charge on any atom is -0.339 e. The molecule has 0 unspecified atom stereocenters. The van der Waals surface area contributed by atoms with Crippen LogP contribution in [0.4, 0.5) is 0 Å². The van der Waals surface area contributed by atoms with E-state index < -0.39 is 0 Å². The third kappa shape index (κ3) is 3.05. The van der Waals surface area contributed by atoms with Crippen LogP contribution in [0.5, 0.6) is 0 Å². The SMILES string of the molecule is C=C1CCN(C(=O)/C=C/CC)CC1. The van der Waals surface area contributed by atoms with E-state index in [4.69, 9.17) is 0 Å². The van der Waals surface area contributed by atoms with Crippen molar-refractivity contribution in [1.82, 2.24) is 4.90 Å². The maximum atomic E-state index is 11.5. The van der Waals surface area contributed by atoms with Gasteiger partial charge in [-0.05, 0) is 25.3 Å². The summed E-state index contributed by atoms with van der Waals surface area (Å²) in [7, 11) is 0. The lowest BCUT2D eigenvalue weighted by Crippen LogP contribution is -2.34. The van der Waals surface area contributed by atoms with Crippen molar-refractivity contribution in [2.75, 3.05) is 13.1 Å². The van der Waals surface area contributed by atoms with E-state index in [2.05, 4.69) is 6.58 Å². The number of hydrogen-bond donors (Lipinski definition) is 0. The first kappa shape index (κ1) is 10.0. The number of carbonyl (C=O) groups excluding carboxylic acids is 1. The summed E-state index contributed by atoms with van der Waals surface area (Å²) in [5.74, 6) is 0.148. The Morgan fingerprint density at radius 3 is 2.69 bits per heavy atom. The molecule has 0 aromatic heterocycles.